The number of hydrogen-bond donors (Lipinski definition) is 3. The lowest BCUT2D eigenvalue weighted by atomic mass is 10.2. The minimum absolute atomic E-state index is 0. The minimum atomic E-state index is -4.23. The van der Waals surface area contributed by atoms with Gasteiger partial charge in [0.15, 0.2) is 0 Å². The smallest absolute Gasteiger partial charge is 0.333 e. The van der Waals surface area contributed by atoms with Crippen LogP contribution in [0.4, 0.5) is 15.8 Å². The Morgan fingerprint density at radius 1 is 1.17 bits per heavy atom. The van der Waals surface area contributed by atoms with E-state index in [0.29, 0.717) is 0 Å². The molecule has 0 saturated heterocycles. The maximum atomic E-state index is 14.1. The number of H-pyrrole nitrogens is 1. The summed E-state index contributed by atoms with van der Waals surface area (Å²) in [5.74, 6) is -0.660. The van der Waals surface area contributed by atoms with Crippen LogP contribution in [0.2, 0.25) is 4.34 Å². The summed E-state index contributed by atoms with van der Waals surface area (Å²) in [6.45, 7) is 0. The molecule has 2 aromatic carbocycles. The van der Waals surface area contributed by atoms with Crippen molar-refractivity contribution < 1.29 is 17.9 Å². The van der Waals surface area contributed by atoms with Crippen LogP contribution in [-0.4, -0.2) is 31.0 Å². The molecule has 0 amide bonds. The Balaban J connectivity index is 0.00000342. The Kier molecular flexibility index (Phi) is 7.24. The first-order valence-electron chi connectivity index (χ1n) is 9.40. The number of nitrogens with one attached hydrogen (secondary N) is 3. The first kappa shape index (κ1) is 25.8. The molecule has 3 N–H and O–H groups in total. The number of fused-ring (bicyclic) bond motifs is 1. The Morgan fingerprint density at radius 3 is 2.46 bits per heavy atom. The van der Waals surface area contributed by atoms with Gasteiger partial charge in [0.2, 0.25) is 0 Å². The lowest BCUT2D eigenvalue weighted by Crippen LogP contribution is -2.33. The topological polar surface area (TPSA) is 148 Å². The highest BCUT2D eigenvalue weighted by atomic mass is 35.5. The summed E-state index contributed by atoms with van der Waals surface area (Å²) in [7, 11) is -2.73. The second-order valence-electron chi connectivity index (χ2n) is 6.80. The summed E-state index contributed by atoms with van der Waals surface area (Å²) in [5.41, 5.74) is -0.911. The number of benzene rings is 2. The van der Waals surface area contributed by atoms with Gasteiger partial charge in [-0.2, -0.15) is 12.8 Å². The predicted octanol–water partition coefficient (Wildman–Crippen LogP) is 2.54. The second kappa shape index (κ2) is 9.82. The molecule has 0 aliphatic carbocycles. The van der Waals surface area contributed by atoms with Crippen molar-refractivity contribution in [2.75, 3.05) is 17.7 Å². The zero-order valence-electron chi connectivity index (χ0n) is 18.1. The molecule has 0 radical (unpaired) electrons. The molecule has 0 aliphatic heterocycles. The Morgan fingerprint density at radius 2 is 1.86 bits per heavy atom. The van der Waals surface area contributed by atoms with Crippen LogP contribution in [0.3, 0.4) is 0 Å². The fourth-order valence-corrected chi connectivity index (χ4v) is 5.40. The van der Waals surface area contributed by atoms with Gasteiger partial charge in [-0.25, -0.2) is 13.8 Å². The van der Waals surface area contributed by atoms with Gasteiger partial charge in [0, 0.05) is 20.2 Å². The molecule has 14 heteroatoms. The van der Waals surface area contributed by atoms with Gasteiger partial charge >= 0.3 is 5.69 Å². The third-order valence-electron chi connectivity index (χ3n) is 4.64. The third-order valence-corrected chi connectivity index (χ3v) is 7.60. The number of anilines is 2. The number of thiophene rings is 1. The second-order valence-corrected chi connectivity index (χ2v) is 10.3. The van der Waals surface area contributed by atoms with E-state index in [4.69, 9.17) is 11.6 Å². The lowest BCUT2D eigenvalue weighted by molar-refractivity contribution is -0.213. The van der Waals surface area contributed by atoms with E-state index in [1.54, 1.807) is 0 Å². The van der Waals surface area contributed by atoms with Gasteiger partial charge < -0.3 is 20.7 Å². The molecule has 0 unspecified atom stereocenters. The van der Waals surface area contributed by atoms with Crippen LogP contribution in [0.5, 0.6) is 0 Å². The average Bonchev–Trinajstić information content (AvgIpc) is 3.22. The molecular formula is C21H17ClFN5O5S2. The Bertz CT molecular complexity index is 1660. The van der Waals surface area contributed by atoms with E-state index in [9.17, 15) is 27.5 Å². The monoisotopic (exact) mass is 537 g/mol. The van der Waals surface area contributed by atoms with Crippen LogP contribution in [0.15, 0.2) is 66.7 Å². The number of halogens is 2. The maximum absolute atomic E-state index is 14.1. The number of aromatic nitrogens is 2. The first-order chi connectivity index (χ1) is 16.1. The number of nitrogens with zero attached hydrogens (tertiary/aromatic N) is 2. The fraction of sp³-hybridized carbons (Fsp3) is 0.0476. The van der Waals surface area contributed by atoms with E-state index in [-0.39, 0.29) is 43.9 Å². The highest BCUT2D eigenvalue weighted by molar-refractivity contribution is 7.92. The van der Waals surface area contributed by atoms with Crippen molar-refractivity contribution in [3.8, 4) is 5.69 Å². The van der Waals surface area contributed by atoms with Gasteiger partial charge in [0.05, 0.1) is 32.6 Å². The van der Waals surface area contributed by atoms with Crippen molar-refractivity contribution in [3.63, 3.8) is 0 Å². The maximum Gasteiger partial charge on any atom is 0.333 e. The third kappa shape index (κ3) is 5.16. The summed E-state index contributed by atoms with van der Waals surface area (Å²) < 4.78 is 42.5. The molecule has 0 atom stereocenters. The van der Waals surface area contributed by atoms with Crippen LogP contribution < -0.4 is 27.0 Å². The zero-order chi connectivity index (χ0) is 24.6. The van der Waals surface area contributed by atoms with E-state index in [1.807, 2.05) is 0 Å². The standard InChI is InChI=1S/C20H15ClFN5O5S2.CH3/c1-23-15-9-14-12(8-13(15)22)18(28)27(20(30)25-14)11-4-2-10(3-5-11)24-19(29)26-34(31,32)17-7-6-16(21)33-17;/h2-9,23H,1H3,(H,25,30)(H2,24,26,29);1H3/q;+1/p-1. The number of aromatic amines is 1. The van der Waals surface area contributed by atoms with Crippen molar-refractivity contribution in [3.05, 3.63) is 86.9 Å². The van der Waals surface area contributed by atoms with E-state index in [2.05, 4.69) is 20.0 Å². The summed E-state index contributed by atoms with van der Waals surface area (Å²) in [6, 6.07) is 9.19. The van der Waals surface area contributed by atoms with Crippen molar-refractivity contribution in [1.82, 2.24) is 9.55 Å². The van der Waals surface area contributed by atoms with Crippen LogP contribution in [0.1, 0.15) is 0 Å². The van der Waals surface area contributed by atoms with Crippen molar-refractivity contribution in [2.24, 2.45) is 4.40 Å². The van der Waals surface area contributed by atoms with E-state index >= 15 is 0 Å². The van der Waals surface area contributed by atoms with Crippen molar-refractivity contribution in [1.29, 1.82) is 0 Å². The summed E-state index contributed by atoms with van der Waals surface area (Å²) in [4.78, 5) is 27.9. The molecular weight excluding hydrogens is 521 g/mol. The van der Waals surface area contributed by atoms with Crippen molar-refractivity contribution in [2.45, 2.75) is 4.21 Å². The highest BCUT2D eigenvalue weighted by Crippen LogP contribution is 2.27. The lowest BCUT2D eigenvalue weighted by Gasteiger charge is -2.14. The summed E-state index contributed by atoms with van der Waals surface area (Å²) in [5, 5.41) is 16.9. The molecule has 10 nitrogen and oxygen atoms in total. The fourth-order valence-electron chi connectivity index (χ4n) is 3.09. The largest absolute Gasteiger partial charge is 0.845 e. The quantitative estimate of drug-likeness (QED) is 0.201. The van der Waals surface area contributed by atoms with Gasteiger partial charge in [-0.15, -0.1) is 11.3 Å². The van der Waals surface area contributed by atoms with Crippen LogP contribution >= 0.6 is 22.9 Å². The number of amidine groups is 1. The van der Waals surface area contributed by atoms with Gasteiger partial charge in [0.25, 0.3) is 15.6 Å². The van der Waals surface area contributed by atoms with Crippen LogP contribution in [0.25, 0.3) is 16.6 Å². The molecule has 0 saturated carbocycles. The Hall–Kier alpha value is -3.81. The van der Waals surface area contributed by atoms with Crippen LogP contribution in [-0.2, 0) is 10.0 Å². The van der Waals surface area contributed by atoms with Gasteiger partial charge in [-0.05, 0) is 48.5 Å². The molecule has 0 aliphatic rings. The molecule has 4 rings (SSSR count). The molecule has 4 aromatic rings. The van der Waals surface area contributed by atoms with Gasteiger partial charge in [-0.3, -0.25) is 4.79 Å². The van der Waals surface area contributed by atoms with E-state index in [1.165, 1.54) is 49.5 Å². The molecule has 182 valence electrons. The van der Waals surface area contributed by atoms with Crippen LogP contribution in [0, 0.1) is 13.2 Å². The summed E-state index contributed by atoms with van der Waals surface area (Å²) in [6.07, 6.45) is 0. The van der Waals surface area contributed by atoms with Crippen molar-refractivity contribution >= 4 is 61.3 Å². The molecule has 2 heterocycles. The normalized spacial score (nSPS) is 11.8. The number of sulfonamides is 1. The average molecular weight is 538 g/mol. The molecule has 0 spiro atoms. The first-order valence-corrected chi connectivity index (χ1v) is 12.0. The molecule has 0 bridgehead atoms. The Labute approximate surface area is 207 Å². The highest BCUT2D eigenvalue weighted by Gasteiger charge is 2.15. The SMILES string of the molecule is CNc1cc2[nH]c(=O)n(-c3ccc(NC([O-])=NS(=O)(=O)c4ccc(Cl)s4)cc3)c(=O)c2cc1F.[CH3+]. The number of rotatable bonds is 5. The van der Waals surface area contributed by atoms with E-state index in [0.717, 1.165) is 22.0 Å². The van der Waals surface area contributed by atoms with Gasteiger partial charge in [-0.1, -0.05) is 11.6 Å². The zero-order valence-corrected chi connectivity index (χ0v) is 20.5. The van der Waals surface area contributed by atoms with E-state index < -0.39 is 33.1 Å². The molecule has 35 heavy (non-hydrogen) atoms. The molecule has 2 aromatic heterocycles. The summed E-state index contributed by atoms with van der Waals surface area (Å²) >= 11 is 6.48. The van der Waals surface area contributed by atoms with Gasteiger partial charge in [0.1, 0.15) is 10.0 Å². The predicted molar refractivity (Wildman–Crippen MR) is 134 cm³/mol. The minimum Gasteiger partial charge on any atom is -0.845 e. The molecule has 0 fully saturated rings. The number of hydrogen-bond acceptors (Lipinski definition) is 7.